The maximum Gasteiger partial charge on any atom is 0.242 e. The molecule has 19 heavy (non-hydrogen) atoms. The minimum atomic E-state index is -0.368. The van der Waals surface area contributed by atoms with E-state index in [9.17, 15) is 4.79 Å². The molecule has 2 aromatic heterocycles. The molecular weight excluding hydrogens is 242 g/mol. The smallest absolute Gasteiger partial charge is 0.242 e. The zero-order valence-corrected chi connectivity index (χ0v) is 11.6. The molecule has 0 bridgehead atoms. The van der Waals surface area contributed by atoms with E-state index in [0.717, 1.165) is 5.52 Å². The average Bonchev–Trinajstić information content (AvgIpc) is 2.75. The molecule has 0 saturated heterocycles. The van der Waals surface area contributed by atoms with E-state index in [0.29, 0.717) is 5.82 Å². The first-order valence-corrected chi connectivity index (χ1v) is 6.24. The van der Waals surface area contributed by atoms with Crippen molar-refractivity contribution in [2.75, 3.05) is 5.32 Å². The summed E-state index contributed by atoms with van der Waals surface area (Å²) in [5.41, 5.74) is 0.598. The lowest BCUT2D eigenvalue weighted by Gasteiger charge is -2.24. The summed E-state index contributed by atoms with van der Waals surface area (Å²) in [5.74, 6) is 0.590. The number of amides is 1. The zero-order valence-electron chi connectivity index (χ0n) is 11.6. The lowest BCUT2D eigenvalue weighted by Crippen LogP contribution is -2.47. The van der Waals surface area contributed by atoms with Gasteiger partial charge in [-0.1, -0.05) is 0 Å². The Labute approximate surface area is 112 Å². The highest BCUT2D eigenvalue weighted by atomic mass is 16.2. The molecule has 0 saturated carbocycles. The van der Waals surface area contributed by atoms with Crippen LogP contribution in [0.4, 0.5) is 5.82 Å². The fraction of sp³-hybridized carbons (Fsp3) is 0.462. The van der Waals surface area contributed by atoms with Gasteiger partial charge in [-0.15, -0.1) is 0 Å². The van der Waals surface area contributed by atoms with E-state index in [1.165, 1.54) is 0 Å². The van der Waals surface area contributed by atoms with Crippen molar-refractivity contribution in [2.24, 2.45) is 0 Å². The molecule has 0 radical (unpaired) electrons. The standard InChI is InChI=1S/C13H19N5O/c1-9(12(19)17-13(2,3)4)16-11-10-5-6-15-18(10)8-7-14-11/h5-9H,1-4H3,(H,14,16)(H,17,19). The van der Waals surface area contributed by atoms with Gasteiger partial charge in [-0.05, 0) is 33.8 Å². The Balaban J connectivity index is 2.12. The van der Waals surface area contributed by atoms with E-state index in [1.54, 1.807) is 23.1 Å². The quantitative estimate of drug-likeness (QED) is 0.877. The van der Waals surface area contributed by atoms with Gasteiger partial charge in [-0.25, -0.2) is 9.50 Å². The molecule has 0 fully saturated rings. The highest BCUT2D eigenvalue weighted by Crippen LogP contribution is 2.13. The minimum Gasteiger partial charge on any atom is -0.357 e. The van der Waals surface area contributed by atoms with Gasteiger partial charge in [-0.2, -0.15) is 5.10 Å². The van der Waals surface area contributed by atoms with Crippen molar-refractivity contribution in [1.29, 1.82) is 0 Å². The molecular formula is C13H19N5O. The summed E-state index contributed by atoms with van der Waals surface area (Å²) in [6.45, 7) is 7.66. The van der Waals surface area contributed by atoms with Crippen molar-refractivity contribution in [3.63, 3.8) is 0 Å². The summed E-state index contributed by atoms with van der Waals surface area (Å²) in [6.07, 6.45) is 5.11. The molecule has 1 amide bonds. The second-order valence-electron chi connectivity index (χ2n) is 5.54. The Morgan fingerprint density at radius 3 is 2.79 bits per heavy atom. The molecule has 0 aliphatic carbocycles. The van der Waals surface area contributed by atoms with Gasteiger partial charge < -0.3 is 10.6 Å². The lowest BCUT2D eigenvalue weighted by molar-refractivity contribution is -0.122. The molecule has 1 atom stereocenters. The molecule has 0 aromatic carbocycles. The SMILES string of the molecule is CC(Nc1nccn2nccc12)C(=O)NC(C)(C)C. The number of hydrogen-bond acceptors (Lipinski definition) is 4. The van der Waals surface area contributed by atoms with Crippen LogP contribution in [0.15, 0.2) is 24.7 Å². The number of hydrogen-bond donors (Lipinski definition) is 2. The van der Waals surface area contributed by atoms with Crippen LogP contribution in [0.1, 0.15) is 27.7 Å². The van der Waals surface area contributed by atoms with Crippen LogP contribution in [-0.4, -0.2) is 32.1 Å². The van der Waals surface area contributed by atoms with Crippen molar-refractivity contribution < 1.29 is 4.79 Å². The fourth-order valence-corrected chi connectivity index (χ4v) is 1.72. The fourth-order valence-electron chi connectivity index (χ4n) is 1.72. The summed E-state index contributed by atoms with van der Waals surface area (Å²) >= 11 is 0. The number of carbonyl (C=O) groups is 1. The predicted octanol–water partition coefficient (Wildman–Crippen LogP) is 1.44. The molecule has 0 aliphatic rings. The average molecular weight is 261 g/mol. The molecule has 0 spiro atoms. The maximum atomic E-state index is 12.0. The number of carbonyl (C=O) groups excluding carboxylic acids is 1. The van der Waals surface area contributed by atoms with Crippen molar-refractivity contribution >= 4 is 17.2 Å². The van der Waals surface area contributed by atoms with E-state index in [4.69, 9.17) is 0 Å². The van der Waals surface area contributed by atoms with Gasteiger partial charge in [0.2, 0.25) is 5.91 Å². The largest absolute Gasteiger partial charge is 0.357 e. The summed E-state index contributed by atoms with van der Waals surface area (Å²) in [6, 6.07) is 1.48. The molecule has 6 heteroatoms. The lowest BCUT2D eigenvalue weighted by atomic mass is 10.1. The van der Waals surface area contributed by atoms with Crippen LogP contribution in [-0.2, 0) is 4.79 Å². The predicted molar refractivity (Wildman–Crippen MR) is 74.0 cm³/mol. The first kappa shape index (κ1) is 13.3. The van der Waals surface area contributed by atoms with Crippen LogP contribution in [0.3, 0.4) is 0 Å². The molecule has 0 aliphatic heterocycles. The molecule has 6 nitrogen and oxygen atoms in total. The number of nitrogens with zero attached hydrogens (tertiary/aromatic N) is 3. The van der Waals surface area contributed by atoms with Crippen LogP contribution < -0.4 is 10.6 Å². The Morgan fingerprint density at radius 2 is 2.11 bits per heavy atom. The van der Waals surface area contributed by atoms with Crippen LogP contribution in [0.2, 0.25) is 0 Å². The second-order valence-corrected chi connectivity index (χ2v) is 5.54. The summed E-state index contributed by atoms with van der Waals surface area (Å²) in [7, 11) is 0. The topological polar surface area (TPSA) is 71.3 Å². The maximum absolute atomic E-state index is 12.0. The van der Waals surface area contributed by atoms with Gasteiger partial charge in [0.05, 0.1) is 6.20 Å². The van der Waals surface area contributed by atoms with Gasteiger partial charge >= 0.3 is 0 Å². The molecule has 2 N–H and O–H groups in total. The van der Waals surface area contributed by atoms with Gasteiger partial charge in [0.15, 0.2) is 5.82 Å². The molecule has 2 rings (SSSR count). The Hall–Kier alpha value is -2.11. The first-order valence-electron chi connectivity index (χ1n) is 6.24. The van der Waals surface area contributed by atoms with E-state index in [-0.39, 0.29) is 17.5 Å². The van der Waals surface area contributed by atoms with E-state index in [2.05, 4.69) is 20.7 Å². The van der Waals surface area contributed by atoms with Crippen molar-refractivity contribution in [3.8, 4) is 0 Å². The monoisotopic (exact) mass is 261 g/mol. The Morgan fingerprint density at radius 1 is 1.37 bits per heavy atom. The van der Waals surface area contributed by atoms with Gasteiger partial charge in [0.25, 0.3) is 0 Å². The number of aromatic nitrogens is 3. The molecule has 2 heterocycles. The van der Waals surface area contributed by atoms with Gasteiger partial charge in [-0.3, -0.25) is 4.79 Å². The molecule has 102 valence electrons. The van der Waals surface area contributed by atoms with E-state index < -0.39 is 0 Å². The van der Waals surface area contributed by atoms with E-state index >= 15 is 0 Å². The number of rotatable bonds is 3. The van der Waals surface area contributed by atoms with Crippen molar-refractivity contribution in [1.82, 2.24) is 19.9 Å². The summed E-state index contributed by atoms with van der Waals surface area (Å²) < 4.78 is 1.71. The van der Waals surface area contributed by atoms with Crippen LogP contribution in [0.5, 0.6) is 0 Å². The van der Waals surface area contributed by atoms with Gasteiger partial charge in [0, 0.05) is 17.9 Å². The second kappa shape index (κ2) is 4.87. The van der Waals surface area contributed by atoms with Crippen molar-refractivity contribution in [2.45, 2.75) is 39.3 Å². The minimum absolute atomic E-state index is 0.0594. The third-order valence-electron chi connectivity index (χ3n) is 2.57. The Kier molecular flexibility index (Phi) is 3.42. The highest BCUT2D eigenvalue weighted by Gasteiger charge is 2.20. The first-order chi connectivity index (χ1) is 8.87. The van der Waals surface area contributed by atoms with Crippen LogP contribution in [0.25, 0.3) is 5.52 Å². The van der Waals surface area contributed by atoms with Crippen LogP contribution >= 0.6 is 0 Å². The number of fused-ring (bicyclic) bond motifs is 1. The molecule has 2 aromatic rings. The van der Waals surface area contributed by atoms with Gasteiger partial charge in [0.1, 0.15) is 11.6 Å². The highest BCUT2D eigenvalue weighted by molar-refractivity contribution is 5.85. The number of nitrogens with one attached hydrogen (secondary N) is 2. The Bertz CT molecular complexity index is 584. The number of anilines is 1. The van der Waals surface area contributed by atoms with E-state index in [1.807, 2.05) is 33.8 Å². The third kappa shape index (κ3) is 3.21. The van der Waals surface area contributed by atoms with Crippen LogP contribution in [0, 0.1) is 0 Å². The molecule has 1 unspecified atom stereocenters. The summed E-state index contributed by atoms with van der Waals surface area (Å²) in [4.78, 5) is 16.3. The zero-order chi connectivity index (χ0) is 14.0. The summed E-state index contributed by atoms with van der Waals surface area (Å²) in [5, 5.41) is 10.2. The van der Waals surface area contributed by atoms with Crippen molar-refractivity contribution in [3.05, 3.63) is 24.7 Å². The third-order valence-corrected chi connectivity index (χ3v) is 2.57. The normalized spacial score (nSPS) is 13.3.